The zero-order chi connectivity index (χ0) is 14.4. The van der Waals surface area contributed by atoms with Crippen molar-refractivity contribution in [3.05, 3.63) is 5.28 Å². The summed E-state index contributed by atoms with van der Waals surface area (Å²) in [6, 6.07) is 0. The van der Waals surface area contributed by atoms with Gasteiger partial charge >= 0.3 is 5.97 Å². The molecule has 2 rings (SSSR count). The molecule has 20 heavy (non-hydrogen) atoms. The number of carbonyl (C=O) groups excluding carboxylic acids is 1. The van der Waals surface area contributed by atoms with Crippen LogP contribution in [0.2, 0.25) is 5.28 Å². The molecule has 0 saturated carbocycles. The Morgan fingerprint density at radius 1 is 1.40 bits per heavy atom. The summed E-state index contributed by atoms with van der Waals surface area (Å²) in [5.41, 5.74) is 0. The summed E-state index contributed by atoms with van der Waals surface area (Å²) >= 11 is 7.26. The van der Waals surface area contributed by atoms with Crippen LogP contribution in [0.3, 0.4) is 0 Å². The van der Waals surface area contributed by atoms with Crippen molar-refractivity contribution in [2.75, 3.05) is 44.1 Å². The molecule has 1 saturated heterocycles. The Morgan fingerprint density at radius 3 is 2.85 bits per heavy atom. The van der Waals surface area contributed by atoms with Gasteiger partial charge in [0.15, 0.2) is 5.16 Å². The van der Waals surface area contributed by atoms with Crippen LogP contribution in [0.4, 0.5) is 5.95 Å². The number of rotatable bonds is 5. The molecule has 2 heterocycles. The Labute approximate surface area is 126 Å². The quantitative estimate of drug-likeness (QED) is 0.588. The monoisotopic (exact) mass is 318 g/mol. The molecule has 9 heteroatoms. The number of esters is 1. The first kappa shape index (κ1) is 15.3. The molecule has 0 atom stereocenters. The molecule has 1 aromatic heterocycles. The second kappa shape index (κ2) is 7.61. The van der Waals surface area contributed by atoms with Crippen molar-refractivity contribution in [2.45, 2.75) is 11.6 Å². The maximum absolute atomic E-state index is 11.0. The third kappa shape index (κ3) is 4.46. The van der Waals surface area contributed by atoms with E-state index in [1.54, 1.807) is 0 Å². The van der Waals surface area contributed by atoms with Gasteiger partial charge in [0.1, 0.15) is 0 Å². The van der Waals surface area contributed by atoms with E-state index in [9.17, 15) is 4.79 Å². The standard InChI is InChI=1S/C11H15ClN4O3S/c1-18-8(17)2-7-20-11-14-9(12)13-10(15-11)16-3-5-19-6-4-16/h2-7H2,1H3. The lowest BCUT2D eigenvalue weighted by Gasteiger charge is -2.26. The highest BCUT2D eigenvalue weighted by Gasteiger charge is 2.16. The van der Waals surface area contributed by atoms with Crippen LogP contribution in [0.25, 0.3) is 0 Å². The summed E-state index contributed by atoms with van der Waals surface area (Å²) in [5.74, 6) is 0.829. The third-order valence-electron chi connectivity index (χ3n) is 2.63. The first-order chi connectivity index (χ1) is 9.69. The highest BCUT2D eigenvalue weighted by molar-refractivity contribution is 7.99. The highest BCUT2D eigenvalue weighted by Crippen LogP contribution is 2.20. The lowest BCUT2D eigenvalue weighted by Crippen LogP contribution is -2.37. The van der Waals surface area contributed by atoms with Crippen LogP contribution < -0.4 is 4.90 Å². The van der Waals surface area contributed by atoms with Gasteiger partial charge < -0.3 is 14.4 Å². The minimum absolute atomic E-state index is 0.155. The molecule has 1 fully saturated rings. The predicted octanol–water partition coefficient (Wildman–Crippen LogP) is 1.02. The maximum atomic E-state index is 11.0. The fourth-order valence-corrected chi connectivity index (χ4v) is 2.57. The number of methoxy groups -OCH3 is 1. The minimum atomic E-state index is -0.258. The van der Waals surface area contributed by atoms with E-state index in [2.05, 4.69) is 19.7 Å². The molecule has 0 unspecified atom stereocenters. The van der Waals surface area contributed by atoms with Crippen molar-refractivity contribution in [1.29, 1.82) is 0 Å². The second-order valence-electron chi connectivity index (χ2n) is 3.96. The van der Waals surface area contributed by atoms with Crippen molar-refractivity contribution in [3.63, 3.8) is 0 Å². The summed E-state index contributed by atoms with van der Waals surface area (Å²) in [7, 11) is 1.36. The second-order valence-corrected chi connectivity index (χ2v) is 5.36. The Kier molecular flexibility index (Phi) is 5.81. The van der Waals surface area contributed by atoms with Crippen LogP contribution >= 0.6 is 23.4 Å². The zero-order valence-corrected chi connectivity index (χ0v) is 12.6. The van der Waals surface area contributed by atoms with Gasteiger partial charge in [-0.1, -0.05) is 11.8 Å². The summed E-state index contributed by atoms with van der Waals surface area (Å²) in [5, 5.41) is 0.664. The molecule has 0 aliphatic carbocycles. The number of morpholine rings is 1. The number of halogens is 1. The van der Waals surface area contributed by atoms with E-state index < -0.39 is 0 Å². The van der Waals surface area contributed by atoms with E-state index in [4.69, 9.17) is 16.3 Å². The largest absolute Gasteiger partial charge is 0.469 e. The first-order valence-electron chi connectivity index (χ1n) is 6.13. The normalized spacial score (nSPS) is 15.2. The predicted molar refractivity (Wildman–Crippen MR) is 75.2 cm³/mol. The Hall–Kier alpha value is -1.12. The van der Waals surface area contributed by atoms with Crippen LogP contribution in [0.5, 0.6) is 0 Å². The van der Waals surface area contributed by atoms with Gasteiger partial charge in [-0.2, -0.15) is 15.0 Å². The van der Waals surface area contributed by atoms with Gasteiger partial charge in [-0.3, -0.25) is 4.79 Å². The van der Waals surface area contributed by atoms with E-state index in [1.165, 1.54) is 18.9 Å². The fourth-order valence-electron chi connectivity index (χ4n) is 1.62. The zero-order valence-electron chi connectivity index (χ0n) is 11.0. The third-order valence-corrected chi connectivity index (χ3v) is 3.65. The van der Waals surface area contributed by atoms with Gasteiger partial charge in [0, 0.05) is 18.8 Å². The Bertz CT molecular complexity index is 471. The van der Waals surface area contributed by atoms with Crippen molar-refractivity contribution >= 4 is 35.3 Å². The van der Waals surface area contributed by atoms with Gasteiger partial charge in [0.2, 0.25) is 11.2 Å². The number of hydrogen-bond donors (Lipinski definition) is 0. The van der Waals surface area contributed by atoms with Crippen molar-refractivity contribution in [1.82, 2.24) is 15.0 Å². The fraction of sp³-hybridized carbons (Fsp3) is 0.636. The lowest BCUT2D eigenvalue weighted by atomic mass is 10.4. The van der Waals surface area contributed by atoms with Crippen LogP contribution in [-0.4, -0.2) is 60.1 Å². The molecule has 1 aliphatic heterocycles. The lowest BCUT2D eigenvalue weighted by molar-refractivity contribution is -0.140. The first-order valence-corrected chi connectivity index (χ1v) is 7.49. The average Bonchev–Trinajstić information content (AvgIpc) is 2.47. The van der Waals surface area contributed by atoms with Crippen molar-refractivity contribution < 1.29 is 14.3 Å². The van der Waals surface area contributed by atoms with Crippen LogP contribution in [-0.2, 0) is 14.3 Å². The molecule has 0 N–H and O–H groups in total. The maximum Gasteiger partial charge on any atom is 0.306 e. The molecular weight excluding hydrogens is 304 g/mol. The SMILES string of the molecule is COC(=O)CCSc1nc(Cl)nc(N2CCOCC2)n1. The molecule has 0 radical (unpaired) electrons. The number of thioether (sulfide) groups is 1. The smallest absolute Gasteiger partial charge is 0.306 e. The minimum Gasteiger partial charge on any atom is -0.469 e. The number of hydrogen-bond acceptors (Lipinski definition) is 8. The number of anilines is 1. The van der Waals surface area contributed by atoms with Crippen LogP contribution in [0.15, 0.2) is 5.16 Å². The van der Waals surface area contributed by atoms with Gasteiger partial charge in [0.05, 0.1) is 26.7 Å². The van der Waals surface area contributed by atoms with Crippen LogP contribution in [0, 0.1) is 0 Å². The molecular formula is C11H15ClN4O3S. The van der Waals surface area contributed by atoms with Gasteiger partial charge in [-0.05, 0) is 11.6 Å². The topological polar surface area (TPSA) is 77.4 Å². The van der Waals surface area contributed by atoms with Gasteiger partial charge in [-0.15, -0.1) is 0 Å². The molecule has 110 valence electrons. The summed E-state index contributed by atoms with van der Waals surface area (Å²) in [4.78, 5) is 25.6. The molecule has 7 nitrogen and oxygen atoms in total. The highest BCUT2D eigenvalue weighted by atomic mass is 35.5. The van der Waals surface area contributed by atoms with E-state index in [0.29, 0.717) is 36.5 Å². The van der Waals surface area contributed by atoms with E-state index in [0.717, 1.165) is 13.1 Å². The molecule has 0 spiro atoms. The van der Waals surface area contributed by atoms with E-state index in [1.807, 2.05) is 4.90 Å². The van der Waals surface area contributed by atoms with Crippen molar-refractivity contribution in [3.8, 4) is 0 Å². The molecule has 1 aliphatic rings. The van der Waals surface area contributed by atoms with Crippen LogP contribution in [0.1, 0.15) is 6.42 Å². The number of ether oxygens (including phenoxy) is 2. The number of nitrogens with zero attached hydrogens (tertiary/aromatic N) is 4. The van der Waals surface area contributed by atoms with Gasteiger partial charge in [-0.25, -0.2) is 0 Å². The Balaban J connectivity index is 1.98. The molecule has 0 amide bonds. The molecule has 1 aromatic rings. The van der Waals surface area contributed by atoms with Crippen molar-refractivity contribution in [2.24, 2.45) is 0 Å². The van der Waals surface area contributed by atoms with E-state index >= 15 is 0 Å². The molecule has 0 bridgehead atoms. The van der Waals surface area contributed by atoms with E-state index in [-0.39, 0.29) is 11.3 Å². The number of aromatic nitrogens is 3. The Morgan fingerprint density at radius 2 is 2.15 bits per heavy atom. The molecule has 0 aromatic carbocycles. The average molecular weight is 319 g/mol. The summed E-state index contributed by atoms with van der Waals surface area (Å²) < 4.78 is 9.86. The summed E-state index contributed by atoms with van der Waals surface area (Å²) in [6.45, 7) is 2.75. The number of carbonyl (C=O) groups is 1. The van der Waals surface area contributed by atoms with Gasteiger partial charge in [0.25, 0.3) is 0 Å². The summed E-state index contributed by atoms with van der Waals surface area (Å²) in [6.07, 6.45) is 0.303.